The lowest BCUT2D eigenvalue weighted by Crippen LogP contribution is -2.11. The molecular formula is C18H17N3O2S2. The normalized spacial score (nSPS) is 10.4. The van der Waals surface area contributed by atoms with Crippen molar-refractivity contribution in [1.29, 1.82) is 0 Å². The first-order chi connectivity index (χ1) is 12.2. The van der Waals surface area contributed by atoms with Gasteiger partial charge in [0, 0.05) is 17.9 Å². The van der Waals surface area contributed by atoms with Gasteiger partial charge in [0.15, 0.2) is 4.34 Å². The third-order valence-electron chi connectivity index (χ3n) is 3.18. The van der Waals surface area contributed by atoms with Crippen LogP contribution in [-0.2, 0) is 4.79 Å². The van der Waals surface area contributed by atoms with Gasteiger partial charge in [-0.2, -0.15) is 0 Å². The van der Waals surface area contributed by atoms with Gasteiger partial charge in [0.05, 0.1) is 0 Å². The van der Waals surface area contributed by atoms with E-state index in [0.717, 1.165) is 26.5 Å². The lowest BCUT2D eigenvalue weighted by Gasteiger charge is -2.08. The zero-order valence-corrected chi connectivity index (χ0v) is 15.3. The van der Waals surface area contributed by atoms with E-state index in [1.165, 1.54) is 0 Å². The summed E-state index contributed by atoms with van der Waals surface area (Å²) in [6.07, 6.45) is 0.422. The largest absolute Gasteiger partial charge is 0.457 e. The zero-order valence-electron chi connectivity index (χ0n) is 13.6. The number of anilines is 1. The Morgan fingerprint density at radius 3 is 2.48 bits per heavy atom. The van der Waals surface area contributed by atoms with E-state index >= 15 is 0 Å². The van der Waals surface area contributed by atoms with E-state index in [2.05, 4.69) is 15.5 Å². The number of thioether (sulfide) groups is 1. The molecule has 3 aromatic rings. The van der Waals surface area contributed by atoms with Crippen LogP contribution in [-0.4, -0.2) is 21.9 Å². The van der Waals surface area contributed by atoms with Gasteiger partial charge < -0.3 is 10.1 Å². The number of aromatic nitrogens is 2. The molecule has 1 aromatic heterocycles. The Balaban J connectivity index is 1.45. The molecule has 0 aliphatic heterocycles. The predicted octanol–water partition coefficient (Wildman–Crippen LogP) is 4.76. The van der Waals surface area contributed by atoms with Crippen LogP contribution >= 0.6 is 23.1 Å². The van der Waals surface area contributed by atoms with Gasteiger partial charge in [0.2, 0.25) is 5.91 Å². The monoisotopic (exact) mass is 371 g/mol. The minimum absolute atomic E-state index is 0.0227. The molecule has 0 saturated heterocycles. The molecule has 0 aliphatic rings. The van der Waals surface area contributed by atoms with Gasteiger partial charge in [-0.1, -0.05) is 41.3 Å². The highest BCUT2D eigenvalue weighted by atomic mass is 32.2. The third kappa shape index (κ3) is 5.58. The summed E-state index contributed by atoms with van der Waals surface area (Å²) in [6.45, 7) is 1.92. The van der Waals surface area contributed by atoms with Gasteiger partial charge in [-0.05, 0) is 43.3 Å². The van der Waals surface area contributed by atoms with Crippen LogP contribution < -0.4 is 10.1 Å². The van der Waals surface area contributed by atoms with Gasteiger partial charge in [0.25, 0.3) is 0 Å². The van der Waals surface area contributed by atoms with E-state index in [1.54, 1.807) is 23.1 Å². The number of carbonyl (C=O) groups excluding carboxylic acids is 1. The van der Waals surface area contributed by atoms with Crippen LogP contribution in [0.3, 0.4) is 0 Å². The first-order valence-corrected chi connectivity index (χ1v) is 9.55. The molecule has 1 heterocycles. The first-order valence-electron chi connectivity index (χ1n) is 7.75. The summed E-state index contributed by atoms with van der Waals surface area (Å²) >= 11 is 3.09. The maximum absolute atomic E-state index is 12.0. The number of hydrogen-bond acceptors (Lipinski definition) is 6. The third-order valence-corrected chi connectivity index (χ3v) is 5.15. The summed E-state index contributed by atoms with van der Waals surface area (Å²) < 4.78 is 6.62. The van der Waals surface area contributed by atoms with E-state index in [9.17, 15) is 4.79 Å². The van der Waals surface area contributed by atoms with Gasteiger partial charge >= 0.3 is 0 Å². The van der Waals surface area contributed by atoms with Crippen molar-refractivity contribution in [3.63, 3.8) is 0 Å². The van der Waals surface area contributed by atoms with Crippen molar-refractivity contribution in [2.75, 3.05) is 11.1 Å². The van der Waals surface area contributed by atoms with E-state index in [-0.39, 0.29) is 5.91 Å². The smallest absolute Gasteiger partial charge is 0.225 e. The SMILES string of the molecule is Cc1nnc(SCCC(=O)Nc2ccc(Oc3ccccc3)cc2)s1. The van der Waals surface area contributed by atoms with E-state index in [0.29, 0.717) is 12.2 Å². The van der Waals surface area contributed by atoms with Crippen LogP contribution in [0.5, 0.6) is 11.5 Å². The van der Waals surface area contributed by atoms with Gasteiger partial charge in [-0.3, -0.25) is 4.79 Å². The molecule has 0 fully saturated rings. The van der Waals surface area contributed by atoms with E-state index < -0.39 is 0 Å². The van der Waals surface area contributed by atoms with Crippen molar-refractivity contribution >= 4 is 34.7 Å². The highest BCUT2D eigenvalue weighted by Gasteiger charge is 2.06. The van der Waals surface area contributed by atoms with Crippen molar-refractivity contribution in [1.82, 2.24) is 10.2 Å². The summed E-state index contributed by atoms with van der Waals surface area (Å²) in [7, 11) is 0. The topological polar surface area (TPSA) is 64.1 Å². The van der Waals surface area contributed by atoms with E-state index in [4.69, 9.17) is 4.74 Å². The maximum Gasteiger partial charge on any atom is 0.225 e. The fourth-order valence-corrected chi connectivity index (χ4v) is 3.85. The fraction of sp³-hybridized carbons (Fsp3) is 0.167. The number of aryl methyl sites for hydroxylation is 1. The predicted molar refractivity (Wildman–Crippen MR) is 102 cm³/mol. The number of carbonyl (C=O) groups is 1. The fourth-order valence-electron chi connectivity index (χ4n) is 2.02. The number of rotatable bonds is 7. The summed E-state index contributed by atoms with van der Waals surface area (Å²) in [5, 5.41) is 11.8. The van der Waals surface area contributed by atoms with Crippen molar-refractivity contribution in [3.05, 3.63) is 59.6 Å². The molecule has 0 aliphatic carbocycles. The molecule has 5 nitrogen and oxygen atoms in total. The average molecular weight is 371 g/mol. The molecule has 3 rings (SSSR count). The number of amides is 1. The van der Waals surface area contributed by atoms with E-state index in [1.807, 2.05) is 61.5 Å². The van der Waals surface area contributed by atoms with Crippen molar-refractivity contribution in [3.8, 4) is 11.5 Å². The van der Waals surface area contributed by atoms with Crippen LogP contribution in [0.15, 0.2) is 58.9 Å². The molecule has 128 valence electrons. The first kappa shape index (κ1) is 17.4. The molecule has 0 saturated carbocycles. The second kappa shape index (κ2) is 8.64. The number of nitrogens with one attached hydrogen (secondary N) is 1. The Morgan fingerprint density at radius 1 is 1.08 bits per heavy atom. The quantitative estimate of drug-likeness (QED) is 0.607. The van der Waals surface area contributed by atoms with Gasteiger partial charge in [-0.15, -0.1) is 10.2 Å². The highest BCUT2D eigenvalue weighted by molar-refractivity contribution is 8.01. The molecule has 0 atom stereocenters. The lowest BCUT2D eigenvalue weighted by molar-refractivity contribution is -0.115. The molecule has 25 heavy (non-hydrogen) atoms. The van der Waals surface area contributed by atoms with Crippen LogP contribution in [0.2, 0.25) is 0 Å². The Labute approximate surface area is 154 Å². The van der Waals surface area contributed by atoms with Crippen LogP contribution in [0, 0.1) is 6.92 Å². The molecule has 0 bridgehead atoms. The van der Waals surface area contributed by atoms with Gasteiger partial charge in [-0.25, -0.2) is 0 Å². The molecule has 0 unspecified atom stereocenters. The van der Waals surface area contributed by atoms with Crippen LogP contribution in [0.1, 0.15) is 11.4 Å². The summed E-state index contributed by atoms with van der Waals surface area (Å²) in [6, 6.07) is 16.9. The molecule has 0 radical (unpaired) electrons. The lowest BCUT2D eigenvalue weighted by atomic mass is 10.3. The minimum Gasteiger partial charge on any atom is -0.457 e. The standard InChI is InChI=1S/C18H17N3O2S2/c1-13-20-21-18(25-13)24-12-11-17(22)19-14-7-9-16(10-8-14)23-15-5-3-2-4-6-15/h2-10H,11-12H2,1H3,(H,19,22). The molecule has 2 aromatic carbocycles. The minimum atomic E-state index is -0.0227. The van der Waals surface area contributed by atoms with Crippen molar-refractivity contribution in [2.24, 2.45) is 0 Å². The number of ether oxygens (including phenoxy) is 1. The zero-order chi connectivity index (χ0) is 17.5. The number of para-hydroxylation sites is 1. The average Bonchev–Trinajstić information content (AvgIpc) is 3.03. The van der Waals surface area contributed by atoms with Crippen molar-refractivity contribution in [2.45, 2.75) is 17.7 Å². The second-order valence-electron chi connectivity index (χ2n) is 5.17. The maximum atomic E-state index is 12.0. The Hall–Kier alpha value is -2.38. The Bertz CT molecular complexity index is 820. The Morgan fingerprint density at radius 2 is 1.80 bits per heavy atom. The summed E-state index contributed by atoms with van der Waals surface area (Å²) in [5.74, 6) is 2.16. The molecule has 1 N–H and O–H groups in total. The van der Waals surface area contributed by atoms with Crippen LogP contribution in [0.4, 0.5) is 5.69 Å². The highest BCUT2D eigenvalue weighted by Crippen LogP contribution is 2.24. The molecule has 1 amide bonds. The Kier molecular flexibility index (Phi) is 6.03. The second-order valence-corrected chi connectivity index (χ2v) is 7.70. The molecular weight excluding hydrogens is 354 g/mol. The molecule has 7 heteroatoms. The van der Waals surface area contributed by atoms with Crippen molar-refractivity contribution < 1.29 is 9.53 Å². The summed E-state index contributed by atoms with van der Waals surface area (Å²) in [4.78, 5) is 12.0. The van der Waals surface area contributed by atoms with Gasteiger partial charge in [0.1, 0.15) is 16.5 Å². The number of benzene rings is 2. The summed E-state index contributed by atoms with van der Waals surface area (Å²) in [5.41, 5.74) is 0.752. The molecule has 0 spiro atoms. The van der Waals surface area contributed by atoms with Crippen LogP contribution in [0.25, 0.3) is 0 Å². The number of hydrogen-bond donors (Lipinski definition) is 1. The number of nitrogens with zero attached hydrogens (tertiary/aromatic N) is 2.